The van der Waals surface area contributed by atoms with Crippen LogP contribution >= 0.6 is 0 Å². The number of rotatable bonds is 4. The highest BCUT2D eigenvalue weighted by molar-refractivity contribution is 6.12. The molecule has 0 saturated heterocycles. The summed E-state index contributed by atoms with van der Waals surface area (Å²) in [6.07, 6.45) is 4.19. The minimum Gasteiger partial charge on any atom is -0.477 e. The minimum atomic E-state index is -1.46. The maximum Gasteiger partial charge on any atom is 0.343 e. The first-order valence-corrected chi connectivity index (χ1v) is 5.92. The van der Waals surface area contributed by atoms with Gasteiger partial charge in [-0.3, -0.25) is 0 Å². The Labute approximate surface area is 115 Å². The molecule has 2 N–H and O–H groups in total. The molecule has 0 aliphatic rings. The molecule has 0 unspecified atom stereocenters. The van der Waals surface area contributed by atoms with Crippen molar-refractivity contribution in [3.63, 3.8) is 0 Å². The Morgan fingerprint density at radius 1 is 0.900 bits per heavy atom. The smallest absolute Gasteiger partial charge is 0.343 e. The van der Waals surface area contributed by atoms with Crippen LogP contribution < -0.4 is 0 Å². The molecule has 2 aromatic carbocycles. The van der Waals surface area contributed by atoms with E-state index in [-0.39, 0.29) is 0 Å². The zero-order valence-corrected chi connectivity index (χ0v) is 10.5. The largest absolute Gasteiger partial charge is 0.477 e. The van der Waals surface area contributed by atoms with Gasteiger partial charge in [-0.05, 0) is 22.4 Å². The summed E-state index contributed by atoms with van der Waals surface area (Å²) >= 11 is 0. The molecule has 2 aromatic rings. The highest BCUT2D eigenvalue weighted by atomic mass is 16.4. The Balaban J connectivity index is 2.37. The summed E-state index contributed by atoms with van der Waals surface area (Å²) in [5.74, 6) is -2.92. The maximum absolute atomic E-state index is 10.7. The fraction of sp³-hybridized carbons (Fsp3) is 0. The summed E-state index contributed by atoms with van der Waals surface area (Å²) < 4.78 is 0. The second kappa shape index (κ2) is 5.84. The lowest BCUT2D eigenvalue weighted by molar-refractivity contribution is -0.140. The van der Waals surface area contributed by atoms with Gasteiger partial charge in [-0.1, -0.05) is 54.6 Å². The average Bonchev–Trinajstić information content (AvgIpc) is 2.42. The van der Waals surface area contributed by atoms with Gasteiger partial charge in [-0.15, -0.1) is 0 Å². The fourth-order valence-corrected chi connectivity index (χ4v) is 1.88. The zero-order chi connectivity index (χ0) is 14.5. The standard InChI is InChI=1S/C16H12O4/c17-15(18)14(16(19)20)10-4-8-12-7-3-6-11-5-1-2-9-13(11)12/h1-10H,(H,17,18)(H,19,20). The third kappa shape index (κ3) is 2.92. The van der Waals surface area contributed by atoms with E-state index >= 15 is 0 Å². The van der Waals surface area contributed by atoms with Gasteiger partial charge in [0.05, 0.1) is 0 Å². The summed E-state index contributed by atoms with van der Waals surface area (Å²) in [6.45, 7) is 0. The van der Waals surface area contributed by atoms with Crippen LogP contribution in [0.4, 0.5) is 0 Å². The summed E-state index contributed by atoms with van der Waals surface area (Å²) in [5.41, 5.74) is 0.232. The molecule has 4 nitrogen and oxygen atoms in total. The van der Waals surface area contributed by atoms with Crippen LogP contribution in [0.1, 0.15) is 5.56 Å². The SMILES string of the molecule is O=C(O)C(=CC=Cc1cccc2ccccc12)C(=O)O. The highest BCUT2D eigenvalue weighted by Gasteiger charge is 2.14. The van der Waals surface area contributed by atoms with Crippen molar-refractivity contribution in [1.82, 2.24) is 0 Å². The number of benzene rings is 2. The van der Waals surface area contributed by atoms with Crippen molar-refractivity contribution in [2.24, 2.45) is 0 Å². The quantitative estimate of drug-likeness (QED) is 0.387. The molecule has 2 rings (SSSR count). The number of carboxylic acids is 2. The van der Waals surface area contributed by atoms with E-state index in [9.17, 15) is 9.59 Å². The number of hydrogen-bond acceptors (Lipinski definition) is 2. The topological polar surface area (TPSA) is 74.6 Å². The van der Waals surface area contributed by atoms with Crippen LogP contribution in [0.2, 0.25) is 0 Å². The van der Waals surface area contributed by atoms with Gasteiger partial charge in [0.2, 0.25) is 0 Å². The number of allylic oxidation sites excluding steroid dienone is 2. The first-order chi connectivity index (χ1) is 9.59. The third-order valence-corrected chi connectivity index (χ3v) is 2.82. The van der Waals surface area contributed by atoms with E-state index in [1.807, 2.05) is 42.5 Å². The van der Waals surface area contributed by atoms with Crippen LogP contribution in [-0.2, 0) is 9.59 Å². The molecule has 0 atom stereocenters. The second-order valence-electron chi connectivity index (χ2n) is 4.12. The Morgan fingerprint density at radius 2 is 1.55 bits per heavy atom. The van der Waals surface area contributed by atoms with E-state index in [1.54, 1.807) is 6.08 Å². The molecule has 100 valence electrons. The number of fused-ring (bicyclic) bond motifs is 1. The van der Waals surface area contributed by atoms with Crippen molar-refractivity contribution in [3.05, 3.63) is 65.8 Å². The fourth-order valence-electron chi connectivity index (χ4n) is 1.88. The van der Waals surface area contributed by atoms with Gasteiger partial charge in [0.1, 0.15) is 5.57 Å². The Hall–Kier alpha value is -2.88. The monoisotopic (exact) mass is 268 g/mol. The molecule has 0 bridgehead atoms. The Bertz CT molecular complexity index is 705. The van der Waals surface area contributed by atoms with Crippen LogP contribution in [0, 0.1) is 0 Å². The van der Waals surface area contributed by atoms with Crippen LogP contribution in [0.3, 0.4) is 0 Å². The van der Waals surface area contributed by atoms with Gasteiger partial charge >= 0.3 is 11.9 Å². The lowest BCUT2D eigenvalue weighted by atomic mass is 10.0. The summed E-state index contributed by atoms with van der Waals surface area (Å²) in [6, 6.07) is 13.5. The first-order valence-electron chi connectivity index (χ1n) is 5.92. The Kier molecular flexibility index (Phi) is 3.96. The van der Waals surface area contributed by atoms with E-state index < -0.39 is 17.5 Å². The van der Waals surface area contributed by atoms with Crippen molar-refractivity contribution < 1.29 is 19.8 Å². The molecule has 0 amide bonds. The molecular weight excluding hydrogens is 256 g/mol. The molecular formula is C16H12O4. The number of hydrogen-bond donors (Lipinski definition) is 2. The predicted octanol–water partition coefficient (Wildman–Crippen LogP) is 2.95. The van der Waals surface area contributed by atoms with Gasteiger partial charge in [0.15, 0.2) is 0 Å². The Morgan fingerprint density at radius 3 is 2.25 bits per heavy atom. The molecule has 0 spiro atoms. The molecule has 20 heavy (non-hydrogen) atoms. The van der Waals surface area contributed by atoms with Crippen molar-refractivity contribution in [3.8, 4) is 0 Å². The number of carboxylic acid groups (broad SMARTS) is 2. The molecule has 0 saturated carbocycles. The maximum atomic E-state index is 10.7. The second-order valence-corrected chi connectivity index (χ2v) is 4.12. The van der Waals surface area contributed by atoms with Crippen molar-refractivity contribution in [2.45, 2.75) is 0 Å². The van der Waals surface area contributed by atoms with Gasteiger partial charge < -0.3 is 10.2 Å². The van der Waals surface area contributed by atoms with Crippen LogP contribution in [-0.4, -0.2) is 22.2 Å². The van der Waals surface area contributed by atoms with Crippen LogP contribution in [0.25, 0.3) is 16.8 Å². The number of aliphatic carboxylic acids is 2. The van der Waals surface area contributed by atoms with E-state index in [0.29, 0.717) is 0 Å². The molecule has 4 heteroatoms. The van der Waals surface area contributed by atoms with E-state index in [2.05, 4.69) is 0 Å². The molecule has 0 aromatic heterocycles. The third-order valence-electron chi connectivity index (χ3n) is 2.82. The zero-order valence-electron chi connectivity index (χ0n) is 10.5. The lowest BCUT2D eigenvalue weighted by Gasteiger charge is -2.01. The highest BCUT2D eigenvalue weighted by Crippen LogP contribution is 2.19. The van der Waals surface area contributed by atoms with Crippen molar-refractivity contribution in [2.75, 3.05) is 0 Å². The van der Waals surface area contributed by atoms with E-state index in [1.165, 1.54) is 6.08 Å². The molecule has 0 radical (unpaired) electrons. The average molecular weight is 268 g/mol. The molecule has 0 aliphatic heterocycles. The van der Waals surface area contributed by atoms with Gasteiger partial charge in [0, 0.05) is 0 Å². The van der Waals surface area contributed by atoms with Crippen LogP contribution in [0.15, 0.2) is 60.2 Å². The summed E-state index contributed by atoms with van der Waals surface area (Å²) in [7, 11) is 0. The first kappa shape index (κ1) is 13.5. The molecule has 0 aliphatic carbocycles. The van der Waals surface area contributed by atoms with Gasteiger partial charge in [0.25, 0.3) is 0 Å². The summed E-state index contributed by atoms with van der Waals surface area (Å²) in [4.78, 5) is 21.4. The molecule has 0 heterocycles. The number of carbonyl (C=O) groups is 2. The van der Waals surface area contributed by atoms with Gasteiger partial charge in [-0.25, -0.2) is 9.59 Å². The van der Waals surface area contributed by atoms with Gasteiger partial charge in [-0.2, -0.15) is 0 Å². The molecule has 0 fully saturated rings. The van der Waals surface area contributed by atoms with Crippen molar-refractivity contribution >= 4 is 28.8 Å². The van der Waals surface area contributed by atoms with Crippen LogP contribution in [0.5, 0.6) is 0 Å². The predicted molar refractivity (Wildman–Crippen MR) is 76.3 cm³/mol. The van der Waals surface area contributed by atoms with E-state index in [0.717, 1.165) is 22.4 Å². The summed E-state index contributed by atoms with van der Waals surface area (Å²) in [5, 5.41) is 19.5. The minimum absolute atomic E-state index is 0.665. The van der Waals surface area contributed by atoms with E-state index in [4.69, 9.17) is 10.2 Å². The lowest BCUT2D eigenvalue weighted by Crippen LogP contribution is -2.10. The normalized spacial score (nSPS) is 10.6. The van der Waals surface area contributed by atoms with Crippen molar-refractivity contribution in [1.29, 1.82) is 0 Å².